The molecule has 0 aliphatic carbocycles. The van der Waals surface area contributed by atoms with Crippen molar-refractivity contribution in [2.45, 2.75) is 13.8 Å². The summed E-state index contributed by atoms with van der Waals surface area (Å²) in [5.74, 6) is 2.04. The zero-order chi connectivity index (χ0) is 14.8. The molecule has 0 saturated heterocycles. The second kappa shape index (κ2) is 5.20. The van der Waals surface area contributed by atoms with E-state index in [4.69, 9.17) is 4.42 Å². The summed E-state index contributed by atoms with van der Waals surface area (Å²) < 4.78 is 7.08. The van der Waals surface area contributed by atoms with Gasteiger partial charge in [0.05, 0.1) is 5.56 Å². The molecule has 1 N–H and O–H groups in total. The molecule has 0 spiro atoms. The van der Waals surface area contributed by atoms with Crippen molar-refractivity contribution in [1.82, 2.24) is 19.5 Å². The van der Waals surface area contributed by atoms with Crippen molar-refractivity contribution >= 4 is 11.7 Å². The number of furan rings is 1. The Morgan fingerprint density at radius 1 is 1.29 bits per heavy atom. The molecule has 3 heterocycles. The molecule has 0 aliphatic heterocycles. The number of amides is 1. The van der Waals surface area contributed by atoms with Gasteiger partial charge in [0, 0.05) is 18.5 Å². The van der Waals surface area contributed by atoms with Crippen molar-refractivity contribution in [2.75, 3.05) is 5.32 Å². The van der Waals surface area contributed by atoms with E-state index in [0.29, 0.717) is 28.7 Å². The van der Waals surface area contributed by atoms with Crippen LogP contribution < -0.4 is 5.32 Å². The van der Waals surface area contributed by atoms with Crippen LogP contribution >= 0.6 is 0 Å². The molecule has 7 heteroatoms. The Hall–Kier alpha value is -2.96. The van der Waals surface area contributed by atoms with Crippen LogP contribution in [0.15, 0.2) is 41.6 Å². The highest BCUT2D eigenvalue weighted by atomic mass is 16.3. The third-order valence-electron chi connectivity index (χ3n) is 2.95. The van der Waals surface area contributed by atoms with Gasteiger partial charge < -0.3 is 9.73 Å². The van der Waals surface area contributed by atoms with E-state index in [9.17, 15) is 4.79 Å². The predicted molar refractivity (Wildman–Crippen MR) is 75.3 cm³/mol. The smallest absolute Gasteiger partial charge is 0.260 e. The molecule has 0 fully saturated rings. The fourth-order valence-corrected chi connectivity index (χ4v) is 1.99. The van der Waals surface area contributed by atoms with Gasteiger partial charge in [0.25, 0.3) is 5.91 Å². The Morgan fingerprint density at radius 2 is 2.14 bits per heavy atom. The number of carbonyl (C=O) groups excluding carboxylic acids is 1. The monoisotopic (exact) mass is 283 g/mol. The van der Waals surface area contributed by atoms with E-state index >= 15 is 0 Å². The van der Waals surface area contributed by atoms with Gasteiger partial charge in [0.2, 0.25) is 0 Å². The van der Waals surface area contributed by atoms with E-state index < -0.39 is 0 Å². The molecule has 0 saturated carbocycles. The quantitative estimate of drug-likeness (QED) is 0.795. The molecule has 3 rings (SSSR count). The summed E-state index contributed by atoms with van der Waals surface area (Å²) in [4.78, 5) is 24.3. The maximum absolute atomic E-state index is 12.2. The molecule has 3 aromatic rings. The molecule has 106 valence electrons. The van der Waals surface area contributed by atoms with Crippen molar-refractivity contribution in [2.24, 2.45) is 0 Å². The Balaban J connectivity index is 1.84. The van der Waals surface area contributed by atoms with Gasteiger partial charge in [-0.2, -0.15) is 0 Å². The van der Waals surface area contributed by atoms with Crippen LogP contribution in [0.5, 0.6) is 0 Å². The second-order valence-electron chi connectivity index (χ2n) is 4.51. The summed E-state index contributed by atoms with van der Waals surface area (Å²) in [6.07, 6.45) is 6.42. The lowest BCUT2D eigenvalue weighted by Gasteiger charge is -2.05. The van der Waals surface area contributed by atoms with Crippen LogP contribution in [0.2, 0.25) is 0 Å². The number of nitrogens with one attached hydrogen (secondary N) is 1. The van der Waals surface area contributed by atoms with Gasteiger partial charge in [-0.15, -0.1) is 0 Å². The van der Waals surface area contributed by atoms with Crippen LogP contribution in [-0.2, 0) is 0 Å². The maximum atomic E-state index is 12.2. The number of aromatic nitrogens is 4. The number of rotatable bonds is 3. The minimum absolute atomic E-state index is 0.264. The number of hydrogen-bond acceptors (Lipinski definition) is 5. The predicted octanol–water partition coefficient (Wildman–Crippen LogP) is 2.12. The Kier molecular flexibility index (Phi) is 3.23. The summed E-state index contributed by atoms with van der Waals surface area (Å²) >= 11 is 0. The fraction of sp³-hybridized carbons (Fsp3) is 0.143. The maximum Gasteiger partial charge on any atom is 0.260 e. The topological polar surface area (TPSA) is 85.8 Å². The third kappa shape index (κ3) is 2.66. The summed E-state index contributed by atoms with van der Waals surface area (Å²) in [5, 5.41) is 2.73. The number of nitrogens with zero attached hydrogens (tertiary/aromatic N) is 4. The first-order valence-electron chi connectivity index (χ1n) is 6.32. The van der Waals surface area contributed by atoms with Gasteiger partial charge in [0.1, 0.15) is 35.8 Å². The molecule has 3 aromatic heterocycles. The van der Waals surface area contributed by atoms with Gasteiger partial charge in [-0.05, 0) is 19.9 Å². The van der Waals surface area contributed by atoms with E-state index in [1.165, 1.54) is 6.33 Å². The van der Waals surface area contributed by atoms with Crippen molar-refractivity contribution < 1.29 is 9.21 Å². The molecule has 0 unspecified atom stereocenters. The first kappa shape index (κ1) is 13.0. The Bertz CT molecular complexity index is 777. The molecule has 0 atom stereocenters. The van der Waals surface area contributed by atoms with Crippen LogP contribution in [0.4, 0.5) is 5.82 Å². The highest BCUT2D eigenvalue weighted by molar-refractivity contribution is 6.04. The van der Waals surface area contributed by atoms with Gasteiger partial charge in [-0.1, -0.05) is 0 Å². The molecular weight excluding hydrogens is 270 g/mol. The summed E-state index contributed by atoms with van der Waals surface area (Å²) in [6, 6.07) is 3.37. The van der Waals surface area contributed by atoms with Crippen molar-refractivity contribution in [3.63, 3.8) is 0 Å². The zero-order valence-electron chi connectivity index (χ0n) is 11.6. The summed E-state index contributed by atoms with van der Waals surface area (Å²) in [7, 11) is 0. The summed E-state index contributed by atoms with van der Waals surface area (Å²) in [6.45, 7) is 3.55. The lowest BCUT2D eigenvalue weighted by molar-refractivity contribution is 0.102. The van der Waals surface area contributed by atoms with Gasteiger partial charge >= 0.3 is 0 Å². The lowest BCUT2D eigenvalue weighted by atomic mass is 10.2. The molecule has 0 radical (unpaired) electrons. The van der Waals surface area contributed by atoms with Crippen LogP contribution in [0.25, 0.3) is 5.82 Å². The van der Waals surface area contributed by atoms with Crippen LogP contribution in [-0.4, -0.2) is 25.4 Å². The average Bonchev–Trinajstić information content (AvgIpc) is 3.08. The Morgan fingerprint density at radius 3 is 2.81 bits per heavy atom. The fourth-order valence-electron chi connectivity index (χ4n) is 1.99. The van der Waals surface area contributed by atoms with Crippen molar-refractivity contribution in [1.29, 1.82) is 0 Å². The van der Waals surface area contributed by atoms with Gasteiger partial charge in [0.15, 0.2) is 0 Å². The SMILES string of the molecule is Cc1cc(C(=O)Nc2cc(-n3ccnc3)ncn2)c(C)o1. The largest absolute Gasteiger partial charge is 0.466 e. The van der Waals surface area contributed by atoms with Crippen LogP contribution in [0.3, 0.4) is 0 Å². The normalized spacial score (nSPS) is 10.6. The second-order valence-corrected chi connectivity index (χ2v) is 4.51. The molecular formula is C14H13N5O2. The first-order valence-corrected chi connectivity index (χ1v) is 6.32. The van der Waals surface area contributed by atoms with E-state index in [1.807, 2.05) is 0 Å². The van der Waals surface area contributed by atoms with Crippen molar-refractivity contribution in [3.05, 3.63) is 54.3 Å². The van der Waals surface area contributed by atoms with Gasteiger partial charge in [-0.3, -0.25) is 9.36 Å². The van der Waals surface area contributed by atoms with Crippen LogP contribution in [0, 0.1) is 13.8 Å². The number of hydrogen-bond donors (Lipinski definition) is 1. The van der Waals surface area contributed by atoms with Crippen molar-refractivity contribution in [3.8, 4) is 5.82 Å². The zero-order valence-corrected chi connectivity index (χ0v) is 11.6. The molecule has 0 aliphatic rings. The summed E-state index contributed by atoms with van der Waals surface area (Å²) in [5.41, 5.74) is 0.496. The number of anilines is 1. The van der Waals surface area contributed by atoms with E-state index in [0.717, 1.165) is 0 Å². The van der Waals surface area contributed by atoms with E-state index in [1.54, 1.807) is 49.3 Å². The molecule has 7 nitrogen and oxygen atoms in total. The van der Waals surface area contributed by atoms with Crippen LogP contribution in [0.1, 0.15) is 21.9 Å². The average molecular weight is 283 g/mol. The number of imidazole rings is 1. The minimum Gasteiger partial charge on any atom is -0.466 e. The minimum atomic E-state index is -0.264. The van der Waals surface area contributed by atoms with Gasteiger partial charge in [-0.25, -0.2) is 15.0 Å². The number of carbonyl (C=O) groups is 1. The van der Waals surface area contributed by atoms with E-state index in [-0.39, 0.29) is 5.91 Å². The Labute approximate surface area is 120 Å². The third-order valence-corrected chi connectivity index (χ3v) is 2.95. The standard InChI is InChI=1S/C14H13N5O2/c1-9-5-11(10(2)21-9)14(20)18-12-6-13(17-7-16-12)19-4-3-15-8-19/h3-8H,1-2H3,(H,16,17,18,20). The molecule has 0 bridgehead atoms. The lowest BCUT2D eigenvalue weighted by Crippen LogP contribution is -2.13. The first-order chi connectivity index (χ1) is 10.1. The molecule has 1 amide bonds. The number of aryl methyl sites for hydroxylation is 2. The molecule has 0 aromatic carbocycles. The highest BCUT2D eigenvalue weighted by Gasteiger charge is 2.14. The highest BCUT2D eigenvalue weighted by Crippen LogP contribution is 2.16. The van der Waals surface area contributed by atoms with E-state index in [2.05, 4.69) is 20.3 Å². The molecule has 21 heavy (non-hydrogen) atoms.